The normalized spacial score (nSPS) is 20.7. The number of likely N-dealkylation sites (tertiary alicyclic amines) is 1. The SMILES string of the molecule is Cc1cc(C(=O)N2CCC3(CC2)CC(CN(C)Cc2ccccc2)OC3=O)n(C)n1. The van der Waals surface area contributed by atoms with Gasteiger partial charge in [-0.05, 0) is 38.4 Å². The molecule has 2 saturated heterocycles. The minimum atomic E-state index is -0.447. The number of aryl methyl sites for hydroxylation is 2. The second kappa shape index (κ2) is 8.22. The van der Waals surface area contributed by atoms with E-state index in [0.29, 0.717) is 31.6 Å². The maximum atomic E-state index is 12.8. The summed E-state index contributed by atoms with van der Waals surface area (Å²) >= 11 is 0. The van der Waals surface area contributed by atoms with Gasteiger partial charge >= 0.3 is 5.97 Å². The molecule has 1 amide bonds. The molecule has 2 aliphatic rings. The Labute approximate surface area is 177 Å². The molecule has 3 heterocycles. The number of amides is 1. The van der Waals surface area contributed by atoms with Gasteiger partial charge in [0, 0.05) is 39.6 Å². The second-order valence-corrected chi connectivity index (χ2v) is 8.78. The number of hydrogen-bond acceptors (Lipinski definition) is 5. The smallest absolute Gasteiger partial charge is 0.312 e. The molecule has 1 atom stereocenters. The van der Waals surface area contributed by atoms with Crippen LogP contribution in [-0.2, 0) is 23.1 Å². The lowest BCUT2D eigenvalue weighted by Gasteiger charge is -2.36. The predicted octanol–water partition coefficient (Wildman–Crippen LogP) is 2.40. The third kappa shape index (κ3) is 4.12. The van der Waals surface area contributed by atoms with E-state index in [1.807, 2.05) is 36.1 Å². The standard InChI is InChI=1S/C23H30N4O3/c1-17-13-20(26(3)24-17)21(28)27-11-9-23(10-12-27)14-19(30-22(23)29)16-25(2)15-18-7-5-4-6-8-18/h4-8,13,19H,9-12,14-16H2,1-3H3. The summed E-state index contributed by atoms with van der Waals surface area (Å²) in [5.41, 5.74) is 2.22. The molecule has 4 rings (SSSR count). The number of ether oxygens (including phenoxy) is 1. The highest BCUT2D eigenvalue weighted by atomic mass is 16.6. The fourth-order valence-electron chi connectivity index (χ4n) is 4.77. The van der Waals surface area contributed by atoms with Crippen LogP contribution in [0.5, 0.6) is 0 Å². The van der Waals surface area contributed by atoms with E-state index in [2.05, 4.69) is 29.2 Å². The van der Waals surface area contributed by atoms with Gasteiger partial charge in [-0.2, -0.15) is 5.10 Å². The molecular weight excluding hydrogens is 380 g/mol. The van der Waals surface area contributed by atoms with Crippen LogP contribution in [0.15, 0.2) is 36.4 Å². The van der Waals surface area contributed by atoms with Crippen molar-refractivity contribution in [2.45, 2.75) is 38.8 Å². The van der Waals surface area contributed by atoms with Crippen molar-refractivity contribution in [3.8, 4) is 0 Å². The molecule has 0 radical (unpaired) electrons. The third-order valence-corrected chi connectivity index (χ3v) is 6.36. The van der Waals surface area contributed by atoms with Crippen molar-refractivity contribution in [3.63, 3.8) is 0 Å². The highest BCUT2D eigenvalue weighted by Crippen LogP contribution is 2.43. The molecule has 0 N–H and O–H groups in total. The first kappa shape index (κ1) is 20.6. The van der Waals surface area contributed by atoms with Crippen LogP contribution >= 0.6 is 0 Å². The number of carbonyl (C=O) groups excluding carboxylic acids is 2. The van der Waals surface area contributed by atoms with Gasteiger partial charge < -0.3 is 9.64 Å². The summed E-state index contributed by atoms with van der Waals surface area (Å²) in [6, 6.07) is 12.1. The molecule has 0 aliphatic carbocycles. The lowest BCUT2D eigenvalue weighted by Crippen LogP contribution is -2.45. The Hall–Kier alpha value is -2.67. The van der Waals surface area contributed by atoms with E-state index in [1.165, 1.54) is 5.56 Å². The maximum Gasteiger partial charge on any atom is 0.312 e. The zero-order chi connectivity index (χ0) is 21.3. The van der Waals surface area contributed by atoms with Crippen molar-refractivity contribution in [2.75, 3.05) is 26.7 Å². The largest absolute Gasteiger partial charge is 0.461 e. The van der Waals surface area contributed by atoms with Crippen LogP contribution in [0.4, 0.5) is 0 Å². The van der Waals surface area contributed by atoms with Crippen molar-refractivity contribution in [2.24, 2.45) is 12.5 Å². The van der Waals surface area contributed by atoms with Gasteiger partial charge in [0.05, 0.1) is 11.1 Å². The van der Waals surface area contributed by atoms with Crippen molar-refractivity contribution in [1.82, 2.24) is 19.6 Å². The van der Waals surface area contributed by atoms with Gasteiger partial charge in [-0.3, -0.25) is 19.2 Å². The van der Waals surface area contributed by atoms with Crippen molar-refractivity contribution in [1.29, 1.82) is 0 Å². The van der Waals surface area contributed by atoms with Crippen molar-refractivity contribution >= 4 is 11.9 Å². The van der Waals surface area contributed by atoms with E-state index in [-0.39, 0.29) is 18.0 Å². The second-order valence-electron chi connectivity index (χ2n) is 8.78. The molecule has 30 heavy (non-hydrogen) atoms. The number of nitrogens with zero attached hydrogens (tertiary/aromatic N) is 4. The number of carbonyl (C=O) groups is 2. The highest BCUT2D eigenvalue weighted by Gasteiger charge is 2.51. The lowest BCUT2D eigenvalue weighted by molar-refractivity contribution is -0.151. The maximum absolute atomic E-state index is 12.8. The molecule has 160 valence electrons. The quantitative estimate of drug-likeness (QED) is 0.708. The molecular formula is C23H30N4O3. The van der Waals surface area contributed by atoms with Gasteiger partial charge in [0.15, 0.2) is 0 Å². The first-order chi connectivity index (χ1) is 14.4. The average molecular weight is 411 g/mol. The summed E-state index contributed by atoms with van der Waals surface area (Å²) in [7, 11) is 3.85. The topological polar surface area (TPSA) is 67.7 Å². The van der Waals surface area contributed by atoms with Gasteiger partial charge in [0.25, 0.3) is 5.91 Å². The van der Waals surface area contributed by atoms with Crippen LogP contribution < -0.4 is 0 Å². The molecule has 2 aromatic rings. The molecule has 1 aromatic carbocycles. The molecule has 0 bridgehead atoms. The van der Waals surface area contributed by atoms with Gasteiger partial charge in [0.1, 0.15) is 11.8 Å². The number of esters is 1. The highest BCUT2D eigenvalue weighted by molar-refractivity contribution is 5.93. The van der Waals surface area contributed by atoms with Gasteiger partial charge in [-0.25, -0.2) is 0 Å². The first-order valence-corrected chi connectivity index (χ1v) is 10.6. The van der Waals surface area contributed by atoms with E-state index in [4.69, 9.17) is 4.74 Å². The zero-order valence-electron chi connectivity index (χ0n) is 18.0. The number of rotatable bonds is 5. The Balaban J connectivity index is 1.33. The molecule has 0 saturated carbocycles. The molecule has 1 aromatic heterocycles. The predicted molar refractivity (Wildman–Crippen MR) is 113 cm³/mol. The van der Waals surface area contributed by atoms with E-state index in [9.17, 15) is 9.59 Å². The van der Waals surface area contributed by atoms with E-state index < -0.39 is 5.41 Å². The van der Waals surface area contributed by atoms with Crippen LogP contribution in [0.25, 0.3) is 0 Å². The van der Waals surface area contributed by atoms with Crippen LogP contribution in [0.1, 0.15) is 41.0 Å². The number of benzene rings is 1. The molecule has 7 nitrogen and oxygen atoms in total. The summed E-state index contributed by atoms with van der Waals surface area (Å²) in [5, 5.41) is 4.27. The Morgan fingerprint density at radius 1 is 1.27 bits per heavy atom. The van der Waals surface area contributed by atoms with Crippen molar-refractivity contribution < 1.29 is 14.3 Å². The third-order valence-electron chi connectivity index (χ3n) is 6.36. The molecule has 2 fully saturated rings. The van der Waals surface area contributed by atoms with Gasteiger partial charge in [-0.1, -0.05) is 30.3 Å². The molecule has 7 heteroatoms. The number of piperidine rings is 1. The minimum absolute atomic E-state index is 0.0153. The minimum Gasteiger partial charge on any atom is -0.461 e. The summed E-state index contributed by atoms with van der Waals surface area (Å²) < 4.78 is 7.40. The summed E-state index contributed by atoms with van der Waals surface area (Å²) in [5.74, 6) is -0.109. The van der Waals surface area contributed by atoms with E-state index >= 15 is 0 Å². The number of hydrogen-bond donors (Lipinski definition) is 0. The van der Waals surface area contributed by atoms with Gasteiger partial charge in [-0.15, -0.1) is 0 Å². The Morgan fingerprint density at radius 3 is 2.60 bits per heavy atom. The number of aromatic nitrogens is 2. The molecule has 1 spiro atoms. The number of cyclic esters (lactones) is 1. The fraction of sp³-hybridized carbons (Fsp3) is 0.522. The first-order valence-electron chi connectivity index (χ1n) is 10.6. The fourth-order valence-corrected chi connectivity index (χ4v) is 4.77. The summed E-state index contributed by atoms with van der Waals surface area (Å²) in [4.78, 5) is 29.6. The van der Waals surface area contributed by atoms with Crippen LogP contribution in [0, 0.1) is 12.3 Å². The van der Waals surface area contributed by atoms with Gasteiger partial charge in [0.2, 0.25) is 0 Å². The lowest BCUT2D eigenvalue weighted by atomic mass is 9.76. The Kier molecular flexibility index (Phi) is 5.64. The van der Waals surface area contributed by atoms with Crippen molar-refractivity contribution in [3.05, 3.63) is 53.3 Å². The Morgan fingerprint density at radius 2 is 1.97 bits per heavy atom. The molecule has 2 aliphatic heterocycles. The summed E-state index contributed by atoms with van der Waals surface area (Å²) in [6.07, 6.45) is 1.96. The van der Waals surface area contributed by atoms with Crippen LogP contribution in [0.2, 0.25) is 0 Å². The number of likely N-dealkylation sites (N-methyl/N-ethyl adjacent to an activating group) is 1. The summed E-state index contributed by atoms with van der Waals surface area (Å²) in [6.45, 7) is 4.58. The monoisotopic (exact) mass is 410 g/mol. The van der Waals surface area contributed by atoms with E-state index in [1.54, 1.807) is 11.7 Å². The molecule has 1 unspecified atom stereocenters. The zero-order valence-corrected chi connectivity index (χ0v) is 18.0. The van der Waals surface area contributed by atoms with Crippen LogP contribution in [-0.4, -0.2) is 64.2 Å². The van der Waals surface area contributed by atoms with E-state index in [0.717, 1.165) is 25.2 Å². The van der Waals surface area contributed by atoms with Crippen LogP contribution in [0.3, 0.4) is 0 Å². The average Bonchev–Trinajstić information content (AvgIpc) is 3.20. The Bertz CT molecular complexity index is 916.